The van der Waals surface area contributed by atoms with Crippen molar-refractivity contribution in [3.8, 4) is 0 Å². The van der Waals surface area contributed by atoms with E-state index < -0.39 is 15.1 Å². The highest BCUT2D eigenvalue weighted by Crippen LogP contribution is 2.02. The van der Waals surface area contributed by atoms with Crippen LogP contribution in [-0.2, 0) is 27.7 Å². The molecule has 0 fully saturated rings. The number of nitrogens with zero attached hydrogens (tertiary/aromatic N) is 3. The summed E-state index contributed by atoms with van der Waals surface area (Å²) in [6.45, 7) is 3.68. The highest BCUT2D eigenvalue weighted by atomic mass is 32.2. The molecule has 9 heteroatoms. The van der Waals surface area contributed by atoms with Gasteiger partial charge in [0.2, 0.25) is 5.91 Å². The number of nitrogens with one attached hydrogen (secondary N) is 1. The molecule has 0 bridgehead atoms. The molecule has 3 N–H and O–H groups in total. The Morgan fingerprint density at radius 2 is 2.21 bits per heavy atom. The lowest BCUT2D eigenvalue weighted by atomic mass is 10.4. The van der Waals surface area contributed by atoms with E-state index in [-0.39, 0.29) is 31.3 Å². The van der Waals surface area contributed by atoms with Crippen LogP contribution in [0.5, 0.6) is 0 Å². The number of carbonyl (C=O) groups is 1. The monoisotopic (exact) mass is 289 g/mol. The van der Waals surface area contributed by atoms with Gasteiger partial charge < -0.3 is 11.1 Å². The molecule has 0 unspecified atom stereocenters. The van der Waals surface area contributed by atoms with Crippen LogP contribution in [-0.4, -0.2) is 46.9 Å². The van der Waals surface area contributed by atoms with Gasteiger partial charge in [-0.25, -0.2) is 8.42 Å². The number of sulfone groups is 1. The third-order valence-corrected chi connectivity index (χ3v) is 4.75. The van der Waals surface area contributed by atoms with E-state index in [0.717, 1.165) is 0 Å². The van der Waals surface area contributed by atoms with E-state index in [2.05, 4.69) is 15.6 Å². The first kappa shape index (κ1) is 15.6. The number of aromatic nitrogens is 3. The van der Waals surface area contributed by atoms with Crippen LogP contribution in [0.15, 0.2) is 6.20 Å². The summed E-state index contributed by atoms with van der Waals surface area (Å²) in [4.78, 5) is 11.0. The maximum Gasteiger partial charge on any atom is 0.234 e. The average Bonchev–Trinajstić information content (AvgIpc) is 2.81. The summed E-state index contributed by atoms with van der Waals surface area (Å²) in [5, 5.41) is 9.78. The van der Waals surface area contributed by atoms with Crippen LogP contribution in [0.25, 0.3) is 0 Å². The zero-order valence-corrected chi connectivity index (χ0v) is 11.9. The van der Waals surface area contributed by atoms with Crippen molar-refractivity contribution in [2.24, 2.45) is 5.73 Å². The van der Waals surface area contributed by atoms with Gasteiger partial charge in [0, 0.05) is 0 Å². The molecule has 8 nitrogen and oxygen atoms in total. The van der Waals surface area contributed by atoms with Gasteiger partial charge in [-0.2, -0.15) is 0 Å². The molecule has 1 heterocycles. The van der Waals surface area contributed by atoms with Crippen LogP contribution >= 0.6 is 0 Å². The van der Waals surface area contributed by atoms with Gasteiger partial charge in [-0.15, -0.1) is 5.10 Å². The first-order valence-corrected chi connectivity index (χ1v) is 7.64. The van der Waals surface area contributed by atoms with E-state index in [1.165, 1.54) is 4.68 Å². The van der Waals surface area contributed by atoms with Crippen molar-refractivity contribution in [3.63, 3.8) is 0 Å². The van der Waals surface area contributed by atoms with Crippen LogP contribution in [0, 0.1) is 0 Å². The van der Waals surface area contributed by atoms with Gasteiger partial charge in [-0.05, 0) is 13.8 Å². The zero-order valence-electron chi connectivity index (χ0n) is 11.0. The second kappa shape index (κ2) is 6.62. The minimum Gasteiger partial charge on any atom is -0.349 e. The van der Waals surface area contributed by atoms with Crippen LogP contribution in [0.4, 0.5) is 0 Å². The highest BCUT2D eigenvalue weighted by Gasteiger charge is 2.16. The molecule has 0 atom stereocenters. The van der Waals surface area contributed by atoms with Crippen molar-refractivity contribution in [2.75, 3.05) is 12.3 Å². The third-order valence-electron chi connectivity index (χ3n) is 2.56. The first-order chi connectivity index (χ1) is 8.85. The normalized spacial score (nSPS) is 11.8. The van der Waals surface area contributed by atoms with E-state index in [9.17, 15) is 13.2 Å². The SMILES string of the molecule is CC(C)S(=O)(=O)CCn1cc(CNC(=O)CN)nn1. The summed E-state index contributed by atoms with van der Waals surface area (Å²) in [5.74, 6) is -0.264. The molecule has 0 aliphatic heterocycles. The van der Waals surface area contributed by atoms with Gasteiger partial charge in [0.1, 0.15) is 5.69 Å². The maximum atomic E-state index is 11.6. The fourth-order valence-corrected chi connectivity index (χ4v) is 2.16. The predicted molar refractivity (Wildman–Crippen MR) is 69.8 cm³/mol. The number of carbonyl (C=O) groups excluding carboxylic acids is 1. The summed E-state index contributed by atoms with van der Waals surface area (Å²) in [6.07, 6.45) is 1.60. The Kier molecular flexibility index (Phi) is 5.43. The molecule has 1 rings (SSSR count). The Morgan fingerprint density at radius 1 is 1.53 bits per heavy atom. The van der Waals surface area contributed by atoms with E-state index in [1.807, 2.05) is 0 Å². The fraction of sp³-hybridized carbons (Fsp3) is 0.700. The van der Waals surface area contributed by atoms with E-state index >= 15 is 0 Å². The quantitative estimate of drug-likeness (QED) is 0.642. The molecule has 19 heavy (non-hydrogen) atoms. The van der Waals surface area contributed by atoms with Crippen molar-refractivity contribution in [2.45, 2.75) is 32.2 Å². The topological polar surface area (TPSA) is 120 Å². The van der Waals surface area contributed by atoms with Gasteiger partial charge in [-0.3, -0.25) is 9.48 Å². The molecular weight excluding hydrogens is 270 g/mol. The Bertz CT molecular complexity index is 523. The second-order valence-corrected chi connectivity index (χ2v) is 7.05. The van der Waals surface area contributed by atoms with Crippen molar-refractivity contribution >= 4 is 15.7 Å². The van der Waals surface area contributed by atoms with Crippen molar-refractivity contribution in [3.05, 3.63) is 11.9 Å². The second-order valence-electron chi connectivity index (χ2n) is 4.37. The number of rotatable bonds is 7. The molecule has 0 spiro atoms. The maximum absolute atomic E-state index is 11.6. The lowest BCUT2D eigenvalue weighted by Crippen LogP contribution is -2.29. The summed E-state index contributed by atoms with van der Waals surface area (Å²) in [6, 6.07) is 0. The number of amides is 1. The largest absolute Gasteiger partial charge is 0.349 e. The highest BCUT2D eigenvalue weighted by molar-refractivity contribution is 7.91. The van der Waals surface area contributed by atoms with Crippen molar-refractivity contribution < 1.29 is 13.2 Å². The third kappa shape index (κ3) is 4.95. The molecule has 0 radical (unpaired) electrons. The van der Waals surface area contributed by atoms with Gasteiger partial charge in [0.15, 0.2) is 9.84 Å². The average molecular weight is 289 g/mol. The summed E-state index contributed by atoms with van der Waals surface area (Å²) in [7, 11) is -3.09. The number of hydrogen-bond acceptors (Lipinski definition) is 6. The smallest absolute Gasteiger partial charge is 0.234 e. The van der Waals surface area contributed by atoms with E-state index in [1.54, 1.807) is 20.0 Å². The summed E-state index contributed by atoms with van der Waals surface area (Å²) >= 11 is 0. The van der Waals surface area contributed by atoms with Crippen molar-refractivity contribution in [1.82, 2.24) is 20.3 Å². The molecular formula is C10H19N5O3S. The van der Waals surface area contributed by atoms with Gasteiger partial charge in [-0.1, -0.05) is 5.21 Å². The van der Waals surface area contributed by atoms with Gasteiger partial charge in [0.05, 0.1) is 36.8 Å². The lowest BCUT2D eigenvalue weighted by Gasteiger charge is -2.06. The van der Waals surface area contributed by atoms with Crippen molar-refractivity contribution in [1.29, 1.82) is 0 Å². The van der Waals surface area contributed by atoms with Crippen LogP contribution in [0.2, 0.25) is 0 Å². The molecule has 1 aromatic rings. The van der Waals surface area contributed by atoms with Gasteiger partial charge in [0.25, 0.3) is 0 Å². The Balaban J connectivity index is 2.49. The molecule has 1 amide bonds. The minimum absolute atomic E-state index is 0.0165. The lowest BCUT2D eigenvalue weighted by molar-refractivity contribution is -0.119. The molecule has 0 aliphatic carbocycles. The molecule has 108 valence electrons. The Labute approximate surface area is 112 Å². The standard InChI is InChI=1S/C10H19N5O3S/c1-8(2)19(17,18)4-3-15-7-9(13-14-15)6-12-10(16)5-11/h7-8H,3-6,11H2,1-2H3,(H,12,16). The summed E-state index contributed by atoms with van der Waals surface area (Å²) in [5.41, 5.74) is 5.70. The van der Waals surface area contributed by atoms with E-state index in [4.69, 9.17) is 5.73 Å². The molecule has 0 saturated heterocycles. The molecule has 0 aliphatic rings. The Hall–Kier alpha value is -1.48. The predicted octanol–water partition coefficient (Wildman–Crippen LogP) is -1.32. The Morgan fingerprint density at radius 3 is 2.79 bits per heavy atom. The van der Waals surface area contributed by atoms with Crippen LogP contribution in [0.1, 0.15) is 19.5 Å². The minimum atomic E-state index is -3.09. The fourth-order valence-electron chi connectivity index (χ4n) is 1.25. The molecule has 0 saturated carbocycles. The van der Waals surface area contributed by atoms with Crippen LogP contribution in [0.3, 0.4) is 0 Å². The van der Waals surface area contributed by atoms with Gasteiger partial charge >= 0.3 is 0 Å². The zero-order chi connectivity index (χ0) is 14.5. The molecule has 1 aromatic heterocycles. The van der Waals surface area contributed by atoms with E-state index in [0.29, 0.717) is 5.69 Å². The number of nitrogens with two attached hydrogens (primary N) is 1. The first-order valence-electron chi connectivity index (χ1n) is 5.92. The number of hydrogen-bond donors (Lipinski definition) is 2. The summed E-state index contributed by atoms with van der Waals surface area (Å²) < 4.78 is 24.7. The number of aryl methyl sites for hydroxylation is 1. The molecule has 0 aromatic carbocycles. The van der Waals surface area contributed by atoms with Crippen LogP contribution < -0.4 is 11.1 Å².